The number of aromatic carboxylic acids is 1. The molecule has 0 aliphatic rings. The molecule has 0 fully saturated rings. The number of nitrogens with zero attached hydrogens (tertiary/aromatic N) is 1. The van der Waals surface area contributed by atoms with Crippen LogP contribution >= 0.6 is 27.3 Å². The fraction of sp³-hybridized carbons (Fsp3) is 0.133. The smallest absolute Gasteiger partial charge is 0.352 e. The van der Waals surface area contributed by atoms with Gasteiger partial charge in [-0.1, -0.05) is 12.1 Å². The molecule has 0 bridgehead atoms. The van der Waals surface area contributed by atoms with Gasteiger partial charge in [0.05, 0.1) is 10.9 Å². The lowest BCUT2D eigenvalue weighted by atomic mass is 10.2. The Hall–Kier alpha value is -1.79. The quantitative estimate of drug-likeness (QED) is 0.752. The summed E-state index contributed by atoms with van der Waals surface area (Å²) in [4.78, 5) is 12.4. The Kier molecular flexibility index (Phi) is 3.73. The molecule has 108 valence electrons. The summed E-state index contributed by atoms with van der Waals surface area (Å²) in [6.45, 7) is 0.516. The van der Waals surface area contributed by atoms with Crippen molar-refractivity contribution in [2.75, 3.05) is 7.11 Å². The van der Waals surface area contributed by atoms with Crippen molar-refractivity contribution in [2.45, 2.75) is 6.54 Å². The van der Waals surface area contributed by atoms with Gasteiger partial charge in [-0.05, 0) is 45.8 Å². The summed E-state index contributed by atoms with van der Waals surface area (Å²) < 4.78 is 7.96. The second kappa shape index (κ2) is 5.54. The van der Waals surface area contributed by atoms with Gasteiger partial charge < -0.3 is 14.4 Å². The molecule has 21 heavy (non-hydrogen) atoms. The van der Waals surface area contributed by atoms with Gasteiger partial charge in [0.15, 0.2) is 0 Å². The summed E-state index contributed by atoms with van der Waals surface area (Å²) in [5.41, 5.74) is 1.33. The van der Waals surface area contributed by atoms with Crippen molar-refractivity contribution >= 4 is 43.5 Å². The van der Waals surface area contributed by atoms with Crippen LogP contribution in [0.25, 0.3) is 10.2 Å². The number of ether oxygens (including phenoxy) is 1. The van der Waals surface area contributed by atoms with Gasteiger partial charge in [-0.2, -0.15) is 0 Å². The van der Waals surface area contributed by atoms with E-state index in [1.165, 1.54) is 11.3 Å². The molecule has 0 saturated heterocycles. The van der Waals surface area contributed by atoms with Crippen LogP contribution in [0, 0.1) is 0 Å². The van der Waals surface area contributed by atoms with E-state index in [4.69, 9.17) is 4.74 Å². The molecule has 0 aliphatic heterocycles. The van der Waals surface area contributed by atoms with Crippen molar-refractivity contribution < 1.29 is 14.6 Å². The monoisotopic (exact) mass is 365 g/mol. The van der Waals surface area contributed by atoms with Gasteiger partial charge in [-0.25, -0.2) is 4.79 Å². The zero-order valence-corrected chi connectivity index (χ0v) is 13.6. The maximum atomic E-state index is 11.4. The molecule has 0 radical (unpaired) electrons. The summed E-state index contributed by atoms with van der Waals surface area (Å²) in [5, 5.41) is 10.3. The fourth-order valence-corrected chi connectivity index (χ4v) is 3.85. The van der Waals surface area contributed by atoms with Gasteiger partial charge in [-0.15, -0.1) is 11.3 Å². The number of thiophene rings is 1. The predicted molar refractivity (Wildman–Crippen MR) is 86.6 cm³/mol. The number of benzene rings is 1. The van der Waals surface area contributed by atoms with Crippen LogP contribution in [0.4, 0.5) is 0 Å². The number of carbonyl (C=O) groups is 1. The average Bonchev–Trinajstić information content (AvgIpc) is 2.97. The van der Waals surface area contributed by atoms with Crippen LogP contribution in [-0.4, -0.2) is 22.8 Å². The lowest BCUT2D eigenvalue weighted by Crippen LogP contribution is -2.08. The fourth-order valence-electron chi connectivity index (χ4n) is 2.26. The van der Waals surface area contributed by atoms with Gasteiger partial charge in [0.25, 0.3) is 0 Å². The third-order valence-electron chi connectivity index (χ3n) is 3.26. The van der Waals surface area contributed by atoms with E-state index in [1.807, 2.05) is 34.9 Å². The van der Waals surface area contributed by atoms with Crippen LogP contribution in [0.2, 0.25) is 0 Å². The number of methoxy groups -OCH3 is 1. The van der Waals surface area contributed by atoms with E-state index in [9.17, 15) is 9.90 Å². The Balaban J connectivity index is 2.04. The van der Waals surface area contributed by atoms with Crippen LogP contribution in [0.15, 0.2) is 40.2 Å². The number of hydrogen-bond donors (Lipinski definition) is 1. The molecule has 0 unspecified atom stereocenters. The predicted octanol–water partition coefficient (Wildman–Crippen LogP) is 4.22. The van der Waals surface area contributed by atoms with Crippen molar-refractivity contribution in [2.24, 2.45) is 0 Å². The third kappa shape index (κ3) is 2.69. The van der Waals surface area contributed by atoms with Crippen molar-refractivity contribution in [3.8, 4) is 5.75 Å². The first kappa shape index (κ1) is 14.2. The number of carboxylic acids is 1. The molecule has 3 rings (SSSR count). The van der Waals surface area contributed by atoms with E-state index in [-0.39, 0.29) is 0 Å². The minimum atomic E-state index is -0.914. The highest BCUT2D eigenvalue weighted by Gasteiger charge is 2.17. The van der Waals surface area contributed by atoms with E-state index in [0.717, 1.165) is 25.3 Å². The summed E-state index contributed by atoms with van der Waals surface area (Å²) >= 11 is 4.98. The summed E-state index contributed by atoms with van der Waals surface area (Å²) in [5.74, 6) is -0.128. The zero-order valence-electron chi connectivity index (χ0n) is 11.2. The van der Waals surface area contributed by atoms with Crippen molar-refractivity contribution in [3.05, 3.63) is 51.4 Å². The molecule has 0 atom stereocenters. The first-order chi connectivity index (χ1) is 10.1. The van der Waals surface area contributed by atoms with Crippen molar-refractivity contribution in [1.29, 1.82) is 0 Å². The molecule has 1 N–H and O–H groups in total. The van der Waals surface area contributed by atoms with Crippen LogP contribution < -0.4 is 4.74 Å². The Morgan fingerprint density at radius 1 is 1.33 bits per heavy atom. The van der Waals surface area contributed by atoms with Crippen molar-refractivity contribution in [3.63, 3.8) is 0 Å². The van der Waals surface area contributed by atoms with E-state index in [1.54, 1.807) is 13.2 Å². The summed E-state index contributed by atoms with van der Waals surface area (Å²) in [6.07, 6.45) is 0. The Morgan fingerprint density at radius 3 is 2.67 bits per heavy atom. The molecular formula is C15H12BrNO3S. The largest absolute Gasteiger partial charge is 0.497 e. The summed E-state index contributed by atoms with van der Waals surface area (Å²) in [7, 11) is 1.62. The van der Waals surface area contributed by atoms with Gasteiger partial charge in [0.1, 0.15) is 16.3 Å². The molecule has 1 aromatic carbocycles. The lowest BCUT2D eigenvalue weighted by Gasteiger charge is -2.08. The third-order valence-corrected chi connectivity index (χ3v) is 4.93. The molecule has 2 aromatic heterocycles. The van der Waals surface area contributed by atoms with Gasteiger partial charge in [0.2, 0.25) is 0 Å². The highest BCUT2D eigenvalue weighted by Crippen LogP contribution is 2.33. The molecule has 6 heteroatoms. The van der Waals surface area contributed by atoms with Crippen LogP contribution in [-0.2, 0) is 6.54 Å². The molecule has 0 aliphatic carbocycles. The minimum absolute atomic E-state index is 0.305. The van der Waals surface area contributed by atoms with E-state index in [0.29, 0.717) is 12.2 Å². The molecule has 0 spiro atoms. The van der Waals surface area contributed by atoms with Gasteiger partial charge >= 0.3 is 5.97 Å². The topological polar surface area (TPSA) is 51.5 Å². The van der Waals surface area contributed by atoms with Gasteiger partial charge in [-0.3, -0.25) is 0 Å². The highest BCUT2D eigenvalue weighted by molar-refractivity contribution is 9.11. The number of rotatable bonds is 4. The molecule has 0 amide bonds. The molecule has 3 aromatic rings. The minimum Gasteiger partial charge on any atom is -0.497 e. The number of aromatic nitrogens is 1. The van der Waals surface area contributed by atoms with Gasteiger partial charge in [0, 0.05) is 11.9 Å². The molecular weight excluding hydrogens is 354 g/mol. The first-order valence-corrected chi connectivity index (χ1v) is 7.84. The number of carboxylic acid groups (broad SMARTS) is 1. The van der Waals surface area contributed by atoms with Crippen LogP contribution in [0.3, 0.4) is 0 Å². The SMILES string of the molecule is COc1ccc(Cn2c(C(=O)O)cc3cc(Br)sc32)cc1. The Morgan fingerprint density at radius 2 is 2.05 bits per heavy atom. The van der Waals surface area contributed by atoms with E-state index < -0.39 is 5.97 Å². The number of halogens is 1. The zero-order chi connectivity index (χ0) is 15.0. The Bertz CT molecular complexity index is 804. The van der Waals surface area contributed by atoms with Crippen LogP contribution in [0.1, 0.15) is 16.1 Å². The number of hydrogen-bond acceptors (Lipinski definition) is 3. The Labute approximate surface area is 133 Å². The first-order valence-electron chi connectivity index (χ1n) is 6.23. The summed E-state index contributed by atoms with van der Waals surface area (Å²) in [6, 6.07) is 11.3. The van der Waals surface area contributed by atoms with Crippen LogP contribution in [0.5, 0.6) is 5.75 Å². The maximum absolute atomic E-state index is 11.4. The number of fused-ring (bicyclic) bond motifs is 1. The lowest BCUT2D eigenvalue weighted by molar-refractivity contribution is 0.0686. The second-order valence-corrected chi connectivity index (χ2v) is 6.99. The van der Waals surface area contributed by atoms with E-state index in [2.05, 4.69) is 15.9 Å². The second-order valence-electron chi connectivity index (χ2n) is 4.58. The van der Waals surface area contributed by atoms with Crippen molar-refractivity contribution in [1.82, 2.24) is 4.57 Å². The normalized spacial score (nSPS) is 11.0. The standard InChI is InChI=1S/C15H12BrNO3S/c1-20-11-4-2-9(3-5-11)8-17-12(15(18)19)6-10-7-13(16)21-14(10)17/h2-7H,8H2,1H3,(H,18,19). The molecule has 4 nitrogen and oxygen atoms in total. The maximum Gasteiger partial charge on any atom is 0.352 e. The van der Waals surface area contributed by atoms with E-state index >= 15 is 0 Å². The average molecular weight is 366 g/mol. The highest BCUT2D eigenvalue weighted by atomic mass is 79.9. The molecule has 0 saturated carbocycles. The molecule has 2 heterocycles.